The van der Waals surface area contributed by atoms with E-state index in [4.69, 9.17) is 15.2 Å². The number of hydrogen-bond acceptors (Lipinski definition) is 8. The van der Waals surface area contributed by atoms with Crippen LogP contribution in [0.2, 0.25) is 0 Å². The van der Waals surface area contributed by atoms with E-state index in [-0.39, 0.29) is 28.6 Å². The van der Waals surface area contributed by atoms with Crippen molar-refractivity contribution in [3.8, 4) is 22.8 Å². The van der Waals surface area contributed by atoms with Crippen molar-refractivity contribution in [2.75, 3.05) is 37.4 Å². The zero-order valence-corrected chi connectivity index (χ0v) is 22.1. The Bertz CT molecular complexity index is 1410. The molecular weight excluding hydrogens is 546 g/mol. The van der Waals surface area contributed by atoms with Crippen molar-refractivity contribution in [3.05, 3.63) is 59.9 Å². The maximum Gasteiger partial charge on any atom is 0.429 e. The number of carbonyl (C=O) groups is 1. The van der Waals surface area contributed by atoms with Crippen molar-refractivity contribution in [3.63, 3.8) is 0 Å². The molecular formula is C28H29F4N5O4. The molecule has 13 heteroatoms. The van der Waals surface area contributed by atoms with E-state index in [1.54, 1.807) is 6.07 Å². The molecule has 0 saturated carbocycles. The van der Waals surface area contributed by atoms with Crippen LogP contribution in [-0.4, -0.2) is 60.0 Å². The molecule has 0 radical (unpaired) electrons. The monoisotopic (exact) mass is 575 g/mol. The second kappa shape index (κ2) is 11.0. The quantitative estimate of drug-likeness (QED) is 0.347. The molecule has 218 valence electrons. The van der Waals surface area contributed by atoms with Crippen molar-refractivity contribution in [2.45, 2.75) is 37.6 Å². The molecule has 2 aliphatic rings. The molecule has 2 aliphatic heterocycles. The normalized spacial score (nSPS) is 19.2. The molecule has 3 heterocycles. The Balaban J connectivity index is 1.32. The average molecular weight is 576 g/mol. The second-order valence-corrected chi connectivity index (χ2v) is 10.4. The first-order valence-electron chi connectivity index (χ1n) is 13.0. The van der Waals surface area contributed by atoms with Gasteiger partial charge in [-0.15, -0.1) is 0 Å². The van der Waals surface area contributed by atoms with Crippen LogP contribution in [0, 0.1) is 11.2 Å². The lowest BCUT2D eigenvalue weighted by Gasteiger charge is -2.39. The molecule has 2 saturated heterocycles. The lowest BCUT2D eigenvalue weighted by molar-refractivity contribution is -0.198. The van der Waals surface area contributed by atoms with E-state index in [0.29, 0.717) is 55.8 Å². The molecule has 1 aromatic heterocycles. The fourth-order valence-electron chi connectivity index (χ4n) is 5.48. The molecule has 4 N–H and O–H groups in total. The Morgan fingerprint density at radius 1 is 1.12 bits per heavy atom. The van der Waals surface area contributed by atoms with E-state index in [0.717, 1.165) is 0 Å². The van der Waals surface area contributed by atoms with Crippen molar-refractivity contribution in [1.29, 1.82) is 0 Å². The number of nitrogens with zero attached hydrogens (tertiary/aromatic N) is 3. The van der Waals surface area contributed by atoms with Crippen LogP contribution >= 0.6 is 0 Å². The number of piperidine rings is 1. The number of nitrogens with two attached hydrogens (primary N) is 1. The van der Waals surface area contributed by atoms with Gasteiger partial charge in [-0.05, 0) is 47.9 Å². The second-order valence-electron chi connectivity index (χ2n) is 10.4. The highest BCUT2D eigenvalue weighted by Gasteiger charge is 2.45. The summed E-state index contributed by atoms with van der Waals surface area (Å²) in [7, 11) is 1.34. The van der Waals surface area contributed by atoms with Gasteiger partial charge in [-0.2, -0.15) is 23.1 Å². The number of hydrogen-bond donors (Lipinski definition) is 3. The van der Waals surface area contributed by atoms with Crippen LogP contribution in [-0.2, 0) is 4.79 Å². The minimum absolute atomic E-state index is 0.0610. The van der Waals surface area contributed by atoms with Gasteiger partial charge in [0.15, 0.2) is 11.6 Å². The average Bonchev–Trinajstić information content (AvgIpc) is 3.35. The first kappa shape index (κ1) is 28.4. The molecule has 2 atom stereocenters. The number of anilines is 2. The van der Waals surface area contributed by atoms with Crippen molar-refractivity contribution >= 4 is 17.7 Å². The number of nitrogens with one attached hydrogen (secondary N) is 1. The maximum atomic E-state index is 14.1. The number of aliphatic carboxylic acids is 1. The Hall–Kier alpha value is -4.13. The SMILES string of the molecule is COc1ccc(-c2ccc(C(Oc3cc(N4CCC5(CC4)CNC(C(=O)O)C5)nc(N)n3)C(F)(F)F)cc2)cc1F. The Kier molecular flexibility index (Phi) is 7.64. The summed E-state index contributed by atoms with van der Waals surface area (Å²) in [6.45, 7) is 1.65. The van der Waals surface area contributed by atoms with Crippen LogP contribution in [0.15, 0.2) is 48.5 Å². The van der Waals surface area contributed by atoms with E-state index in [9.17, 15) is 27.5 Å². The number of aromatic nitrogens is 2. The lowest BCUT2D eigenvalue weighted by Crippen LogP contribution is -2.41. The van der Waals surface area contributed by atoms with Crippen LogP contribution in [0.5, 0.6) is 11.6 Å². The molecule has 3 aromatic rings. The number of nitrogen functional groups attached to an aromatic ring is 1. The molecule has 2 aromatic carbocycles. The van der Waals surface area contributed by atoms with Gasteiger partial charge in [-0.1, -0.05) is 30.3 Å². The third kappa shape index (κ3) is 6.14. The van der Waals surface area contributed by atoms with Gasteiger partial charge in [0, 0.05) is 31.3 Å². The molecule has 41 heavy (non-hydrogen) atoms. The van der Waals surface area contributed by atoms with Gasteiger partial charge in [0.1, 0.15) is 11.9 Å². The Morgan fingerprint density at radius 2 is 1.80 bits per heavy atom. The predicted molar refractivity (Wildman–Crippen MR) is 142 cm³/mol. The molecule has 9 nitrogen and oxygen atoms in total. The van der Waals surface area contributed by atoms with Gasteiger partial charge < -0.3 is 30.5 Å². The maximum absolute atomic E-state index is 14.1. The summed E-state index contributed by atoms with van der Waals surface area (Å²) < 4.78 is 66.8. The van der Waals surface area contributed by atoms with Crippen LogP contribution in [0.3, 0.4) is 0 Å². The minimum Gasteiger partial charge on any atom is -0.494 e. The van der Waals surface area contributed by atoms with E-state index >= 15 is 0 Å². The first-order chi connectivity index (χ1) is 19.5. The Labute approximate surface area is 233 Å². The van der Waals surface area contributed by atoms with Crippen LogP contribution in [0.25, 0.3) is 11.1 Å². The van der Waals surface area contributed by atoms with Gasteiger partial charge in [-0.3, -0.25) is 4.79 Å². The highest BCUT2D eigenvalue weighted by atomic mass is 19.4. The number of carboxylic acid groups (broad SMARTS) is 1. The topological polar surface area (TPSA) is 123 Å². The number of halogens is 4. The van der Waals surface area contributed by atoms with Crippen molar-refractivity contribution < 1.29 is 36.9 Å². The van der Waals surface area contributed by atoms with E-state index in [1.165, 1.54) is 49.6 Å². The molecule has 2 unspecified atom stereocenters. The van der Waals surface area contributed by atoms with Crippen molar-refractivity contribution in [2.24, 2.45) is 5.41 Å². The number of rotatable bonds is 7. The lowest BCUT2D eigenvalue weighted by atomic mass is 9.76. The summed E-state index contributed by atoms with van der Waals surface area (Å²) in [4.78, 5) is 21.3. The fraction of sp³-hybridized carbons (Fsp3) is 0.393. The van der Waals surface area contributed by atoms with Crippen LogP contribution < -0.4 is 25.4 Å². The summed E-state index contributed by atoms with van der Waals surface area (Å²) in [5, 5.41) is 12.4. The van der Waals surface area contributed by atoms with Crippen molar-refractivity contribution in [1.82, 2.24) is 15.3 Å². The number of methoxy groups -OCH3 is 1. The van der Waals surface area contributed by atoms with Gasteiger partial charge in [0.2, 0.25) is 17.9 Å². The fourth-order valence-corrected chi connectivity index (χ4v) is 5.48. The zero-order chi connectivity index (χ0) is 29.4. The van der Waals surface area contributed by atoms with Crippen LogP contribution in [0.1, 0.15) is 30.9 Å². The molecule has 5 rings (SSSR count). The molecule has 2 fully saturated rings. The summed E-state index contributed by atoms with van der Waals surface area (Å²) in [6, 6.07) is 10.5. The molecule has 0 bridgehead atoms. The predicted octanol–water partition coefficient (Wildman–Crippen LogP) is 4.59. The zero-order valence-electron chi connectivity index (χ0n) is 22.1. The van der Waals surface area contributed by atoms with Gasteiger partial charge in [-0.25, -0.2) is 4.39 Å². The molecule has 1 spiro atoms. The smallest absolute Gasteiger partial charge is 0.429 e. The Morgan fingerprint density at radius 3 is 2.39 bits per heavy atom. The third-order valence-electron chi connectivity index (χ3n) is 7.75. The van der Waals surface area contributed by atoms with Gasteiger partial charge in [0.05, 0.1) is 7.11 Å². The summed E-state index contributed by atoms with van der Waals surface area (Å²) in [5.41, 5.74) is 6.52. The number of alkyl halides is 3. The highest BCUT2D eigenvalue weighted by molar-refractivity contribution is 5.74. The van der Waals surface area contributed by atoms with E-state index in [2.05, 4.69) is 15.3 Å². The number of benzene rings is 2. The molecule has 0 aliphatic carbocycles. The third-order valence-corrected chi connectivity index (χ3v) is 7.75. The summed E-state index contributed by atoms with van der Waals surface area (Å²) in [6.07, 6.45) is -5.20. The summed E-state index contributed by atoms with van der Waals surface area (Å²) in [5.74, 6) is -1.63. The van der Waals surface area contributed by atoms with E-state index in [1.807, 2.05) is 4.90 Å². The van der Waals surface area contributed by atoms with Gasteiger partial charge in [0.25, 0.3) is 0 Å². The highest BCUT2D eigenvalue weighted by Crippen LogP contribution is 2.41. The largest absolute Gasteiger partial charge is 0.494 e. The first-order valence-corrected chi connectivity index (χ1v) is 13.0. The molecule has 0 amide bonds. The number of ether oxygens (including phenoxy) is 2. The van der Waals surface area contributed by atoms with Gasteiger partial charge >= 0.3 is 12.1 Å². The van der Waals surface area contributed by atoms with E-state index < -0.39 is 30.1 Å². The minimum atomic E-state index is -4.78. The standard InChI is InChI=1S/C28H29F4N5O4/c1-40-21-7-6-18(12-19(21)29)16-2-4-17(5-3-16)24(28(30,31)32)41-23-13-22(35-26(33)36-23)37-10-8-27(9-11-37)14-20(25(38)39)34-15-27/h2-7,12-13,20,24,34H,8-11,14-15H2,1H3,(H,38,39)(H2,33,35,36). The summed E-state index contributed by atoms with van der Waals surface area (Å²) >= 11 is 0. The number of carboxylic acids is 1. The van der Waals surface area contributed by atoms with Crippen LogP contribution in [0.4, 0.5) is 29.3 Å².